The lowest BCUT2D eigenvalue weighted by atomic mass is 10.1. The van der Waals surface area contributed by atoms with E-state index in [0.717, 1.165) is 18.4 Å². The zero-order valence-electron chi connectivity index (χ0n) is 16.2. The molecule has 1 aliphatic heterocycles. The maximum Gasteiger partial charge on any atom is 0.322 e. The van der Waals surface area contributed by atoms with Crippen molar-refractivity contribution in [1.82, 2.24) is 9.62 Å². The Morgan fingerprint density at radius 2 is 1.66 bits per heavy atom. The molecule has 0 bridgehead atoms. The van der Waals surface area contributed by atoms with Crippen molar-refractivity contribution in [3.8, 4) is 0 Å². The van der Waals surface area contributed by atoms with Crippen LogP contribution in [-0.2, 0) is 24.3 Å². The van der Waals surface area contributed by atoms with E-state index in [9.17, 15) is 18.0 Å². The van der Waals surface area contributed by atoms with Crippen LogP contribution in [0.4, 0.5) is 0 Å². The topological polar surface area (TPSA) is 92.8 Å². The van der Waals surface area contributed by atoms with Crippen molar-refractivity contribution >= 4 is 21.9 Å². The van der Waals surface area contributed by atoms with Gasteiger partial charge in [0.2, 0.25) is 16.1 Å². The molecule has 3 rings (SSSR count). The number of amides is 1. The van der Waals surface area contributed by atoms with Crippen LogP contribution in [0.5, 0.6) is 0 Å². The number of ether oxygens (including phenoxy) is 1. The molecule has 0 saturated carbocycles. The lowest BCUT2D eigenvalue weighted by molar-refractivity contribution is -0.159. The van der Waals surface area contributed by atoms with Crippen molar-refractivity contribution in [3.63, 3.8) is 0 Å². The van der Waals surface area contributed by atoms with E-state index in [1.54, 1.807) is 47.4 Å². The molecule has 1 N–H and O–H groups in total. The fourth-order valence-electron chi connectivity index (χ4n) is 3.12. The molecule has 1 saturated heterocycles. The lowest BCUT2D eigenvalue weighted by Crippen LogP contribution is -2.37. The molecule has 1 heterocycles. The van der Waals surface area contributed by atoms with E-state index in [2.05, 4.69) is 4.72 Å². The summed E-state index contributed by atoms with van der Waals surface area (Å²) in [5.41, 5.74) is 1.48. The molecule has 0 aromatic heterocycles. The van der Waals surface area contributed by atoms with Gasteiger partial charge in [0.05, 0.1) is 4.90 Å². The zero-order chi connectivity index (χ0) is 20.9. The van der Waals surface area contributed by atoms with Crippen LogP contribution in [0.15, 0.2) is 59.5 Å². The third-order valence-electron chi connectivity index (χ3n) is 4.73. The summed E-state index contributed by atoms with van der Waals surface area (Å²) in [6.07, 6.45) is 0.736. The highest BCUT2D eigenvalue weighted by molar-refractivity contribution is 7.89. The first-order valence-electron chi connectivity index (χ1n) is 9.46. The van der Waals surface area contributed by atoms with Crippen LogP contribution in [0, 0.1) is 6.92 Å². The van der Waals surface area contributed by atoms with Crippen LogP contribution in [0.25, 0.3) is 0 Å². The number of esters is 1. The Morgan fingerprint density at radius 3 is 2.28 bits per heavy atom. The Labute approximate surface area is 170 Å². The Morgan fingerprint density at radius 1 is 1.03 bits per heavy atom. The molecule has 0 unspecified atom stereocenters. The van der Waals surface area contributed by atoms with Crippen molar-refractivity contribution in [2.75, 3.05) is 19.6 Å². The van der Waals surface area contributed by atoms with Gasteiger partial charge >= 0.3 is 5.97 Å². The van der Waals surface area contributed by atoms with Gasteiger partial charge in [0.15, 0.2) is 0 Å². The quantitative estimate of drug-likeness (QED) is 0.699. The molecule has 0 aliphatic carbocycles. The Bertz CT molecular complexity index is 952. The first-order valence-corrected chi connectivity index (χ1v) is 10.9. The average molecular weight is 416 g/mol. The Hall–Kier alpha value is -2.71. The molecule has 154 valence electrons. The van der Waals surface area contributed by atoms with Crippen molar-refractivity contribution in [2.24, 2.45) is 0 Å². The summed E-state index contributed by atoms with van der Waals surface area (Å²) in [6.45, 7) is 2.54. The van der Waals surface area contributed by atoms with Gasteiger partial charge in [-0.25, -0.2) is 8.42 Å². The molecule has 1 amide bonds. The van der Waals surface area contributed by atoms with Crippen LogP contribution < -0.4 is 4.72 Å². The number of hydrogen-bond acceptors (Lipinski definition) is 5. The minimum atomic E-state index is -3.85. The van der Waals surface area contributed by atoms with Crippen molar-refractivity contribution in [2.45, 2.75) is 30.8 Å². The number of aryl methyl sites for hydroxylation is 1. The van der Waals surface area contributed by atoms with Gasteiger partial charge in [0, 0.05) is 18.7 Å². The molecule has 7 nitrogen and oxygen atoms in total. The van der Waals surface area contributed by atoms with Crippen LogP contribution >= 0.6 is 0 Å². The van der Waals surface area contributed by atoms with Crippen molar-refractivity contribution in [1.29, 1.82) is 0 Å². The van der Waals surface area contributed by atoms with Gasteiger partial charge in [-0.15, -0.1) is 0 Å². The highest BCUT2D eigenvalue weighted by atomic mass is 32.2. The van der Waals surface area contributed by atoms with Crippen LogP contribution in [0.3, 0.4) is 0 Å². The number of hydrogen-bond donors (Lipinski definition) is 1. The van der Waals surface area contributed by atoms with Crippen LogP contribution in [0.1, 0.15) is 30.1 Å². The zero-order valence-corrected chi connectivity index (χ0v) is 17.0. The van der Waals surface area contributed by atoms with E-state index in [1.165, 1.54) is 12.1 Å². The molecule has 29 heavy (non-hydrogen) atoms. The summed E-state index contributed by atoms with van der Waals surface area (Å²) >= 11 is 0. The number of nitrogens with one attached hydrogen (secondary N) is 1. The van der Waals surface area contributed by atoms with Gasteiger partial charge < -0.3 is 9.64 Å². The van der Waals surface area contributed by atoms with Gasteiger partial charge in [0.25, 0.3) is 5.91 Å². The molecule has 0 spiro atoms. The van der Waals surface area contributed by atoms with E-state index in [4.69, 9.17) is 4.74 Å². The fourth-order valence-corrected chi connectivity index (χ4v) is 4.09. The van der Waals surface area contributed by atoms with E-state index in [-0.39, 0.29) is 10.8 Å². The van der Waals surface area contributed by atoms with Crippen molar-refractivity contribution < 1.29 is 22.7 Å². The summed E-state index contributed by atoms with van der Waals surface area (Å²) in [5.74, 6) is -1.11. The number of rotatable bonds is 7. The van der Waals surface area contributed by atoms with Gasteiger partial charge in [-0.2, -0.15) is 4.72 Å². The summed E-state index contributed by atoms with van der Waals surface area (Å²) < 4.78 is 32.3. The second kappa shape index (κ2) is 9.19. The molecule has 2 aromatic carbocycles. The van der Waals surface area contributed by atoms with Gasteiger partial charge in [0.1, 0.15) is 6.54 Å². The molecular formula is C21H24N2O5S. The lowest BCUT2D eigenvalue weighted by Gasteiger charge is -2.23. The predicted octanol–water partition coefficient (Wildman–Crippen LogP) is 2.18. The molecule has 0 radical (unpaired) electrons. The maximum atomic E-state index is 12.8. The number of likely N-dealkylation sites (tertiary alicyclic amines) is 1. The summed E-state index contributed by atoms with van der Waals surface area (Å²) in [7, 11) is -3.85. The number of sulfonamides is 1. The summed E-state index contributed by atoms with van der Waals surface area (Å²) in [5, 5.41) is 0. The van der Waals surface area contributed by atoms with E-state index >= 15 is 0 Å². The van der Waals surface area contributed by atoms with Gasteiger partial charge in [-0.1, -0.05) is 48.0 Å². The highest BCUT2D eigenvalue weighted by Gasteiger charge is 2.31. The third kappa shape index (κ3) is 5.42. The van der Waals surface area contributed by atoms with E-state index in [0.29, 0.717) is 18.7 Å². The third-order valence-corrected chi connectivity index (χ3v) is 6.15. The van der Waals surface area contributed by atoms with Crippen LogP contribution in [-0.4, -0.2) is 44.8 Å². The van der Waals surface area contributed by atoms with E-state index in [1.807, 2.05) is 6.92 Å². The number of nitrogens with zero attached hydrogens (tertiary/aromatic N) is 1. The fraction of sp³-hybridized carbons (Fsp3) is 0.333. The van der Waals surface area contributed by atoms with E-state index < -0.39 is 28.6 Å². The van der Waals surface area contributed by atoms with Gasteiger partial charge in [-0.3, -0.25) is 9.59 Å². The summed E-state index contributed by atoms with van der Waals surface area (Å²) in [6, 6.07) is 15.0. The second-order valence-corrected chi connectivity index (χ2v) is 8.72. The monoisotopic (exact) mass is 416 g/mol. The molecule has 2 aromatic rings. The highest BCUT2D eigenvalue weighted by Crippen LogP contribution is 2.23. The smallest absolute Gasteiger partial charge is 0.322 e. The molecule has 1 atom stereocenters. The second-order valence-electron chi connectivity index (χ2n) is 6.95. The standard InChI is InChI=1S/C21H24N2O5S/c1-16-9-11-18(12-10-16)29(26,27)22-15-19(24)28-20(17-7-3-2-4-8-17)21(25)23-13-5-6-14-23/h2-4,7-12,20,22H,5-6,13-15H2,1H3/t20-/m0/s1. The normalized spacial score (nSPS) is 15.1. The number of benzene rings is 2. The first kappa shape index (κ1) is 21.0. The molecular weight excluding hydrogens is 392 g/mol. The minimum Gasteiger partial charge on any atom is -0.446 e. The predicted molar refractivity (Wildman–Crippen MR) is 107 cm³/mol. The minimum absolute atomic E-state index is 0.0589. The number of carbonyl (C=O) groups is 2. The number of carbonyl (C=O) groups excluding carboxylic acids is 2. The Balaban J connectivity index is 1.68. The van der Waals surface area contributed by atoms with Crippen molar-refractivity contribution in [3.05, 3.63) is 65.7 Å². The summed E-state index contributed by atoms with van der Waals surface area (Å²) in [4.78, 5) is 26.9. The maximum absolute atomic E-state index is 12.8. The molecule has 8 heteroatoms. The molecule has 1 fully saturated rings. The van der Waals surface area contributed by atoms with Crippen LogP contribution in [0.2, 0.25) is 0 Å². The first-order chi connectivity index (χ1) is 13.9. The van der Waals surface area contributed by atoms with Gasteiger partial charge in [-0.05, 0) is 31.9 Å². The average Bonchev–Trinajstić information content (AvgIpc) is 3.26. The SMILES string of the molecule is Cc1ccc(S(=O)(=O)NCC(=O)O[C@H](C(=O)N2CCCC2)c2ccccc2)cc1. The molecule has 1 aliphatic rings. The Kier molecular flexibility index (Phi) is 6.66. The largest absolute Gasteiger partial charge is 0.446 e.